The number of fused-ring (bicyclic) bond motifs is 1. The van der Waals surface area contributed by atoms with Crippen molar-refractivity contribution in [1.29, 1.82) is 0 Å². The smallest absolute Gasteiger partial charge is 0.178 e. The fraction of sp³-hybridized carbons (Fsp3) is 0.241. The van der Waals surface area contributed by atoms with Crippen molar-refractivity contribution in [2.24, 2.45) is 7.05 Å². The van der Waals surface area contributed by atoms with Crippen LogP contribution in [0.3, 0.4) is 0 Å². The third kappa shape index (κ3) is 4.78. The van der Waals surface area contributed by atoms with Gasteiger partial charge in [-0.05, 0) is 34.6 Å². The molecular formula is C29H29N5O. The predicted molar refractivity (Wildman–Crippen MR) is 139 cm³/mol. The lowest BCUT2D eigenvalue weighted by atomic mass is 9.86. The molecular weight excluding hydrogens is 434 g/mol. The maximum atomic E-state index is 12.7. The molecule has 0 atom stereocenters. The summed E-state index contributed by atoms with van der Waals surface area (Å²) in [6.45, 7) is 6.53. The van der Waals surface area contributed by atoms with Crippen LogP contribution in [0.25, 0.3) is 33.7 Å². The van der Waals surface area contributed by atoms with Crippen molar-refractivity contribution < 1.29 is 4.79 Å². The number of nitrogens with one attached hydrogen (secondary N) is 1. The summed E-state index contributed by atoms with van der Waals surface area (Å²) in [5.74, 6) is 0.921. The van der Waals surface area contributed by atoms with Crippen LogP contribution in [0.15, 0.2) is 73.2 Å². The molecule has 35 heavy (non-hydrogen) atoms. The van der Waals surface area contributed by atoms with E-state index in [-0.39, 0.29) is 11.2 Å². The van der Waals surface area contributed by atoms with Crippen molar-refractivity contribution in [3.63, 3.8) is 0 Å². The highest BCUT2D eigenvalue weighted by molar-refractivity contribution is 5.96. The predicted octanol–water partition coefficient (Wildman–Crippen LogP) is 6.14. The van der Waals surface area contributed by atoms with E-state index in [1.807, 2.05) is 31.4 Å². The molecule has 0 bridgehead atoms. The Morgan fingerprint density at radius 3 is 2.37 bits per heavy atom. The number of Topliss-reactive ketones (excluding diaryl/α,β-unsaturated/α-hetero) is 1. The molecule has 0 aliphatic rings. The van der Waals surface area contributed by atoms with E-state index in [0.29, 0.717) is 18.5 Å². The van der Waals surface area contributed by atoms with Crippen LogP contribution in [0.4, 0.5) is 0 Å². The number of nitrogens with zero attached hydrogens (tertiary/aromatic N) is 4. The van der Waals surface area contributed by atoms with Gasteiger partial charge in [0.2, 0.25) is 0 Å². The van der Waals surface area contributed by atoms with Gasteiger partial charge in [-0.1, -0.05) is 69.3 Å². The Hall–Kier alpha value is -4.06. The van der Waals surface area contributed by atoms with Crippen molar-refractivity contribution in [3.8, 4) is 22.5 Å². The van der Waals surface area contributed by atoms with Crippen molar-refractivity contribution in [2.75, 3.05) is 0 Å². The van der Waals surface area contributed by atoms with Crippen LogP contribution in [0.1, 0.15) is 48.7 Å². The molecule has 0 fully saturated rings. The highest BCUT2D eigenvalue weighted by atomic mass is 16.1. The van der Waals surface area contributed by atoms with Gasteiger partial charge in [0.1, 0.15) is 5.82 Å². The lowest BCUT2D eigenvalue weighted by Crippen LogP contribution is -2.11. The highest BCUT2D eigenvalue weighted by Crippen LogP contribution is 2.29. The number of rotatable bonds is 6. The molecule has 5 aromatic rings. The summed E-state index contributed by atoms with van der Waals surface area (Å²) in [5, 5.41) is 4.23. The summed E-state index contributed by atoms with van der Waals surface area (Å²) in [4.78, 5) is 25.2. The number of aryl methyl sites for hydroxylation is 2. The minimum Gasteiger partial charge on any atom is -0.336 e. The summed E-state index contributed by atoms with van der Waals surface area (Å²) >= 11 is 0. The Kier molecular flexibility index (Phi) is 5.81. The van der Waals surface area contributed by atoms with Crippen LogP contribution < -0.4 is 0 Å². The van der Waals surface area contributed by atoms with E-state index in [2.05, 4.69) is 77.2 Å². The molecule has 1 N–H and O–H groups in total. The number of carbonyl (C=O) groups is 1. The fourth-order valence-electron chi connectivity index (χ4n) is 4.24. The van der Waals surface area contributed by atoms with Gasteiger partial charge in [-0.3, -0.25) is 9.48 Å². The van der Waals surface area contributed by atoms with Crippen molar-refractivity contribution >= 4 is 16.9 Å². The Balaban J connectivity index is 1.30. The van der Waals surface area contributed by atoms with Gasteiger partial charge in [0.15, 0.2) is 11.4 Å². The molecule has 0 amide bonds. The van der Waals surface area contributed by atoms with Gasteiger partial charge in [0.25, 0.3) is 0 Å². The zero-order valence-electron chi connectivity index (χ0n) is 20.5. The Labute approximate surface area is 205 Å². The summed E-state index contributed by atoms with van der Waals surface area (Å²) < 4.78 is 1.75. The normalized spacial score (nSPS) is 11.8. The summed E-state index contributed by atoms with van der Waals surface area (Å²) in [7, 11) is 1.88. The molecule has 3 aromatic heterocycles. The topological polar surface area (TPSA) is 76.5 Å². The largest absolute Gasteiger partial charge is 0.336 e. The quantitative estimate of drug-likeness (QED) is 0.307. The molecule has 176 valence electrons. The third-order valence-electron chi connectivity index (χ3n) is 6.35. The molecule has 0 unspecified atom stereocenters. The van der Waals surface area contributed by atoms with Gasteiger partial charge < -0.3 is 4.98 Å². The Morgan fingerprint density at radius 2 is 1.71 bits per heavy atom. The number of imidazole rings is 1. The minimum atomic E-state index is 0.0836. The van der Waals surface area contributed by atoms with E-state index in [9.17, 15) is 4.79 Å². The third-order valence-corrected chi connectivity index (χ3v) is 6.35. The molecule has 0 radical (unpaired) electrons. The molecule has 3 heterocycles. The first-order valence-corrected chi connectivity index (χ1v) is 11.8. The number of carbonyl (C=O) groups excluding carboxylic acids is 1. The van der Waals surface area contributed by atoms with Crippen LogP contribution in [-0.2, 0) is 18.9 Å². The SMILES string of the molecule is Cn1cc(-c2nc3nccc(-c4ccc(CCC(=O)c5ccc(C(C)(C)C)cc5)cc4)c3[nH]2)cn1. The second kappa shape index (κ2) is 8.95. The molecule has 6 nitrogen and oxygen atoms in total. The number of hydrogen-bond acceptors (Lipinski definition) is 4. The van der Waals surface area contributed by atoms with E-state index < -0.39 is 0 Å². The molecule has 5 rings (SSSR count). The van der Waals surface area contributed by atoms with Crippen LogP contribution in [0.5, 0.6) is 0 Å². The lowest BCUT2D eigenvalue weighted by Gasteiger charge is -2.19. The van der Waals surface area contributed by atoms with E-state index in [1.165, 1.54) is 5.56 Å². The number of hydrogen-bond donors (Lipinski definition) is 1. The van der Waals surface area contributed by atoms with E-state index in [4.69, 9.17) is 0 Å². The van der Waals surface area contributed by atoms with Crippen LogP contribution >= 0.6 is 0 Å². The number of aromatic nitrogens is 5. The maximum absolute atomic E-state index is 12.7. The van der Waals surface area contributed by atoms with E-state index in [1.54, 1.807) is 17.1 Å². The average molecular weight is 464 g/mol. The first-order valence-electron chi connectivity index (χ1n) is 11.8. The van der Waals surface area contributed by atoms with Gasteiger partial charge >= 0.3 is 0 Å². The Bertz CT molecular complexity index is 1490. The molecule has 0 aliphatic carbocycles. The fourth-order valence-corrected chi connectivity index (χ4v) is 4.24. The first-order chi connectivity index (χ1) is 16.8. The first kappa shape index (κ1) is 22.7. The van der Waals surface area contributed by atoms with E-state index in [0.717, 1.165) is 39.2 Å². The second-order valence-corrected chi connectivity index (χ2v) is 9.99. The van der Waals surface area contributed by atoms with Gasteiger partial charge in [-0.25, -0.2) is 9.97 Å². The van der Waals surface area contributed by atoms with Gasteiger partial charge in [-0.2, -0.15) is 5.10 Å². The minimum absolute atomic E-state index is 0.0836. The molecule has 6 heteroatoms. The number of H-pyrrole nitrogens is 1. The lowest BCUT2D eigenvalue weighted by molar-refractivity contribution is 0.0983. The zero-order chi connectivity index (χ0) is 24.6. The average Bonchev–Trinajstić information content (AvgIpc) is 3.48. The number of pyridine rings is 1. The second-order valence-electron chi connectivity index (χ2n) is 9.99. The molecule has 2 aromatic carbocycles. The summed E-state index contributed by atoms with van der Waals surface area (Å²) in [6.07, 6.45) is 6.69. The van der Waals surface area contributed by atoms with Crippen molar-refractivity contribution in [3.05, 3.63) is 89.9 Å². The number of ketones is 1. The van der Waals surface area contributed by atoms with Gasteiger partial charge in [0, 0.05) is 37.0 Å². The van der Waals surface area contributed by atoms with Crippen LogP contribution in [0, 0.1) is 0 Å². The van der Waals surface area contributed by atoms with Gasteiger partial charge in [-0.15, -0.1) is 0 Å². The molecule has 0 aliphatic heterocycles. The van der Waals surface area contributed by atoms with Gasteiger partial charge in [0.05, 0.1) is 17.3 Å². The van der Waals surface area contributed by atoms with Crippen molar-refractivity contribution in [1.82, 2.24) is 24.7 Å². The zero-order valence-corrected chi connectivity index (χ0v) is 20.5. The highest BCUT2D eigenvalue weighted by Gasteiger charge is 2.15. The summed E-state index contributed by atoms with van der Waals surface area (Å²) in [6, 6.07) is 18.4. The van der Waals surface area contributed by atoms with Crippen LogP contribution in [0.2, 0.25) is 0 Å². The van der Waals surface area contributed by atoms with Crippen molar-refractivity contribution in [2.45, 2.75) is 39.0 Å². The maximum Gasteiger partial charge on any atom is 0.178 e. The van der Waals surface area contributed by atoms with Crippen LogP contribution in [-0.4, -0.2) is 30.5 Å². The number of benzene rings is 2. The molecule has 0 spiro atoms. The standard InChI is InChI=1S/C29H29N5O/c1-29(2,3)23-12-10-21(11-13-23)25(35)14-7-19-5-8-20(9-6-19)24-15-16-30-28-26(24)32-27(33-28)22-17-31-34(4)18-22/h5-6,8-13,15-18H,7,14H2,1-4H3,(H,30,32,33). The molecule has 0 saturated carbocycles. The number of aromatic amines is 1. The molecule has 0 saturated heterocycles. The van der Waals surface area contributed by atoms with E-state index >= 15 is 0 Å². The monoisotopic (exact) mass is 463 g/mol. The summed E-state index contributed by atoms with van der Waals surface area (Å²) in [5.41, 5.74) is 7.84. The Morgan fingerprint density at radius 1 is 0.971 bits per heavy atom.